The van der Waals surface area contributed by atoms with Crippen LogP contribution in [0, 0.1) is 0 Å². The third-order valence-electron chi connectivity index (χ3n) is 4.26. The molecular weight excluding hydrogens is 324 g/mol. The summed E-state index contributed by atoms with van der Waals surface area (Å²) < 4.78 is 11.1. The van der Waals surface area contributed by atoms with E-state index in [2.05, 4.69) is 0 Å². The van der Waals surface area contributed by atoms with Crippen LogP contribution >= 0.6 is 11.8 Å². The Morgan fingerprint density at radius 2 is 1.96 bits per heavy atom. The van der Waals surface area contributed by atoms with E-state index in [4.69, 9.17) is 14.9 Å². The molecule has 1 amide bonds. The summed E-state index contributed by atoms with van der Waals surface area (Å²) in [6.07, 6.45) is 1.62. The number of hydrogen-bond acceptors (Lipinski definition) is 5. The molecule has 1 aromatic heterocycles. The monoisotopic (exact) mass is 346 g/mol. The molecule has 1 aliphatic heterocycles. The first-order valence-electron chi connectivity index (χ1n) is 7.97. The molecule has 1 aliphatic rings. The van der Waals surface area contributed by atoms with Crippen LogP contribution in [0.5, 0.6) is 5.75 Å². The van der Waals surface area contributed by atoms with Crippen LogP contribution in [0.3, 0.4) is 0 Å². The molecule has 0 bridgehead atoms. The van der Waals surface area contributed by atoms with Gasteiger partial charge in [-0.3, -0.25) is 4.79 Å². The number of methoxy groups -OCH3 is 1. The first-order valence-corrected chi connectivity index (χ1v) is 8.79. The Balaban J connectivity index is 1.68. The number of furan rings is 1. The van der Waals surface area contributed by atoms with E-state index in [1.807, 2.05) is 42.2 Å². The zero-order valence-corrected chi connectivity index (χ0v) is 14.8. The van der Waals surface area contributed by atoms with E-state index in [-0.39, 0.29) is 11.4 Å². The Morgan fingerprint density at radius 3 is 2.67 bits per heavy atom. The average molecular weight is 346 g/mol. The van der Waals surface area contributed by atoms with Crippen LogP contribution in [0.15, 0.2) is 50.8 Å². The van der Waals surface area contributed by atoms with Crippen LogP contribution in [0.1, 0.15) is 30.3 Å². The van der Waals surface area contributed by atoms with Gasteiger partial charge in [-0.05, 0) is 55.8 Å². The second kappa shape index (κ2) is 6.91. The van der Waals surface area contributed by atoms with Crippen molar-refractivity contribution < 1.29 is 13.9 Å². The first kappa shape index (κ1) is 16.9. The normalized spacial score (nSPS) is 16.9. The summed E-state index contributed by atoms with van der Waals surface area (Å²) in [4.78, 5) is 15.3. The lowest BCUT2D eigenvalue weighted by Gasteiger charge is -2.36. The molecule has 0 radical (unpaired) electrons. The van der Waals surface area contributed by atoms with Crippen LogP contribution in [-0.2, 0) is 0 Å². The van der Waals surface area contributed by atoms with Gasteiger partial charge in [-0.1, -0.05) is 12.1 Å². The molecule has 3 rings (SSSR count). The van der Waals surface area contributed by atoms with Gasteiger partial charge in [0.1, 0.15) is 5.75 Å². The van der Waals surface area contributed by atoms with Gasteiger partial charge >= 0.3 is 0 Å². The number of amides is 1. The summed E-state index contributed by atoms with van der Waals surface area (Å²) in [6.45, 7) is 3.37. The topological polar surface area (TPSA) is 68.7 Å². The quantitative estimate of drug-likeness (QED) is 0.919. The Kier molecular flexibility index (Phi) is 4.87. The number of para-hydroxylation sites is 1. The van der Waals surface area contributed by atoms with Crippen LogP contribution in [0.2, 0.25) is 0 Å². The predicted molar refractivity (Wildman–Crippen MR) is 93.6 cm³/mol. The van der Waals surface area contributed by atoms with Gasteiger partial charge in [-0.15, -0.1) is 0 Å². The van der Waals surface area contributed by atoms with E-state index in [0.29, 0.717) is 23.9 Å². The van der Waals surface area contributed by atoms with Gasteiger partial charge < -0.3 is 19.8 Å². The second-order valence-corrected chi connectivity index (χ2v) is 7.36. The highest BCUT2D eigenvalue weighted by Gasteiger charge is 2.30. The molecule has 0 saturated carbocycles. The number of hydrogen-bond donors (Lipinski definition) is 1. The molecule has 0 spiro atoms. The van der Waals surface area contributed by atoms with Crippen molar-refractivity contribution in [3.8, 4) is 5.75 Å². The summed E-state index contributed by atoms with van der Waals surface area (Å²) in [6, 6.07) is 11.3. The Labute approximate surface area is 146 Å². The maximum Gasteiger partial charge on any atom is 0.289 e. The zero-order chi connectivity index (χ0) is 17.2. The van der Waals surface area contributed by atoms with E-state index in [1.54, 1.807) is 13.2 Å². The van der Waals surface area contributed by atoms with Crippen molar-refractivity contribution in [2.24, 2.45) is 5.73 Å². The number of rotatable bonds is 4. The van der Waals surface area contributed by atoms with Gasteiger partial charge in [0.2, 0.25) is 0 Å². The minimum atomic E-state index is -0.176. The number of carbonyl (C=O) groups excluding carboxylic acids is 1. The fourth-order valence-corrected chi connectivity index (χ4v) is 3.56. The molecule has 0 aliphatic carbocycles. The van der Waals surface area contributed by atoms with Crippen LogP contribution in [0.25, 0.3) is 0 Å². The van der Waals surface area contributed by atoms with Crippen molar-refractivity contribution >= 4 is 17.7 Å². The molecule has 1 aromatic carbocycles. The predicted octanol–water partition coefficient (Wildman–Crippen LogP) is 3.39. The van der Waals surface area contributed by atoms with Crippen LogP contribution in [-0.4, -0.2) is 36.5 Å². The Bertz CT molecular complexity index is 717. The molecule has 2 N–H and O–H groups in total. The van der Waals surface area contributed by atoms with Crippen molar-refractivity contribution in [1.29, 1.82) is 0 Å². The molecule has 1 fully saturated rings. The zero-order valence-electron chi connectivity index (χ0n) is 14.0. The third kappa shape index (κ3) is 3.76. The standard InChI is InChI=1S/C18H22N2O3S/c1-18(19)9-11-20(12-10-18)17(21)14-7-8-16(23-14)24-15-6-4-3-5-13(15)22-2/h3-8H,9-12,19H2,1-2H3. The van der Waals surface area contributed by atoms with Crippen LogP contribution in [0.4, 0.5) is 0 Å². The summed E-state index contributed by atoms with van der Waals surface area (Å²) in [7, 11) is 1.64. The van der Waals surface area contributed by atoms with Crippen LogP contribution < -0.4 is 10.5 Å². The van der Waals surface area contributed by atoms with Gasteiger partial charge in [0.05, 0.1) is 12.0 Å². The SMILES string of the molecule is COc1ccccc1Sc1ccc(C(=O)N2CCC(C)(N)CC2)o1. The lowest BCUT2D eigenvalue weighted by Crippen LogP contribution is -2.49. The molecule has 128 valence electrons. The maximum absolute atomic E-state index is 12.6. The molecule has 6 heteroatoms. The van der Waals surface area contributed by atoms with E-state index >= 15 is 0 Å². The second-order valence-electron chi connectivity index (χ2n) is 6.32. The highest BCUT2D eigenvalue weighted by Crippen LogP contribution is 2.35. The van der Waals surface area contributed by atoms with Gasteiger partial charge in [-0.2, -0.15) is 0 Å². The highest BCUT2D eigenvalue weighted by atomic mass is 32.2. The molecule has 2 aromatic rings. The van der Waals surface area contributed by atoms with Crippen molar-refractivity contribution in [1.82, 2.24) is 4.90 Å². The number of nitrogens with two attached hydrogens (primary N) is 1. The minimum absolute atomic E-state index is 0.0719. The molecule has 2 heterocycles. The number of nitrogens with zero attached hydrogens (tertiary/aromatic N) is 1. The van der Waals surface area contributed by atoms with Crippen molar-refractivity contribution in [2.45, 2.75) is 35.3 Å². The minimum Gasteiger partial charge on any atom is -0.496 e. The number of benzene rings is 1. The number of likely N-dealkylation sites (tertiary alicyclic amines) is 1. The fourth-order valence-electron chi connectivity index (χ4n) is 2.68. The number of carbonyl (C=O) groups is 1. The van der Waals surface area contributed by atoms with Gasteiger partial charge in [0, 0.05) is 18.6 Å². The van der Waals surface area contributed by atoms with Crippen molar-refractivity contribution in [3.05, 3.63) is 42.2 Å². The smallest absolute Gasteiger partial charge is 0.289 e. The summed E-state index contributed by atoms with van der Waals surface area (Å²) in [5, 5.41) is 0.670. The van der Waals surface area contributed by atoms with E-state index in [9.17, 15) is 4.79 Å². The molecular formula is C18H22N2O3S. The number of piperidine rings is 1. The molecule has 5 nitrogen and oxygen atoms in total. The number of ether oxygens (including phenoxy) is 1. The van der Waals surface area contributed by atoms with Gasteiger partial charge in [0.25, 0.3) is 5.91 Å². The van der Waals surface area contributed by atoms with E-state index < -0.39 is 0 Å². The van der Waals surface area contributed by atoms with Crippen molar-refractivity contribution in [2.75, 3.05) is 20.2 Å². The largest absolute Gasteiger partial charge is 0.496 e. The highest BCUT2D eigenvalue weighted by molar-refractivity contribution is 7.99. The van der Waals surface area contributed by atoms with Gasteiger partial charge in [-0.25, -0.2) is 0 Å². The Morgan fingerprint density at radius 1 is 1.25 bits per heavy atom. The maximum atomic E-state index is 12.6. The first-order chi connectivity index (χ1) is 11.5. The molecule has 0 atom stereocenters. The molecule has 24 heavy (non-hydrogen) atoms. The Hall–Kier alpha value is -1.92. The fraction of sp³-hybridized carbons (Fsp3) is 0.389. The van der Waals surface area contributed by atoms with E-state index in [0.717, 1.165) is 23.5 Å². The average Bonchev–Trinajstić information content (AvgIpc) is 3.03. The van der Waals surface area contributed by atoms with Gasteiger partial charge in [0.15, 0.2) is 10.9 Å². The molecule has 1 saturated heterocycles. The molecule has 0 unspecified atom stereocenters. The van der Waals surface area contributed by atoms with E-state index in [1.165, 1.54) is 11.8 Å². The summed E-state index contributed by atoms with van der Waals surface area (Å²) in [5.41, 5.74) is 5.94. The summed E-state index contributed by atoms with van der Waals surface area (Å²) >= 11 is 1.44. The third-order valence-corrected chi connectivity index (χ3v) is 5.24. The lowest BCUT2D eigenvalue weighted by atomic mass is 9.91. The lowest BCUT2D eigenvalue weighted by molar-refractivity contribution is 0.0643. The van der Waals surface area contributed by atoms with Crippen molar-refractivity contribution in [3.63, 3.8) is 0 Å². The summed E-state index contributed by atoms with van der Waals surface area (Å²) in [5.74, 6) is 1.08.